The minimum atomic E-state index is -0.197. The Bertz CT molecular complexity index is 482. The third kappa shape index (κ3) is 2.09. The van der Waals surface area contributed by atoms with Crippen LogP contribution in [0.2, 0.25) is 0 Å². The van der Waals surface area contributed by atoms with Gasteiger partial charge in [-0.25, -0.2) is 4.98 Å². The van der Waals surface area contributed by atoms with Crippen LogP contribution >= 0.6 is 0 Å². The fourth-order valence-corrected chi connectivity index (χ4v) is 1.43. The van der Waals surface area contributed by atoms with Gasteiger partial charge < -0.3 is 4.74 Å². The Morgan fingerprint density at radius 2 is 2.00 bits per heavy atom. The summed E-state index contributed by atoms with van der Waals surface area (Å²) in [6.07, 6.45) is 3.52. The quantitative estimate of drug-likeness (QED) is 0.716. The first-order chi connectivity index (χ1) is 6.96. The second-order valence-corrected chi connectivity index (χ2v) is 4.57. The van der Waals surface area contributed by atoms with E-state index in [1.54, 1.807) is 17.1 Å². The average Bonchev–Trinajstić information content (AvgIpc) is 2.45. The molecule has 0 unspecified atom stereocenters. The predicted molar refractivity (Wildman–Crippen MR) is 58.9 cm³/mol. The molecule has 2 aromatic rings. The maximum Gasteiger partial charge on any atom is 0.157 e. The van der Waals surface area contributed by atoms with E-state index in [2.05, 4.69) is 10.1 Å². The average molecular weight is 205 g/mol. The summed E-state index contributed by atoms with van der Waals surface area (Å²) in [5.74, 6) is 0.781. The van der Waals surface area contributed by atoms with E-state index in [1.807, 2.05) is 33.9 Å². The van der Waals surface area contributed by atoms with Gasteiger partial charge in [0.1, 0.15) is 11.4 Å². The molecule has 0 saturated carbocycles. The number of hydrogen-bond donors (Lipinski definition) is 0. The summed E-state index contributed by atoms with van der Waals surface area (Å²) in [5, 5.41) is 5.13. The molecule has 0 atom stereocenters. The van der Waals surface area contributed by atoms with E-state index in [9.17, 15) is 0 Å². The van der Waals surface area contributed by atoms with Crippen LogP contribution in [0.3, 0.4) is 0 Å². The van der Waals surface area contributed by atoms with Gasteiger partial charge in [-0.3, -0.25) is 4.68 Å². The highest BCUT2D eigenvalue weighted by Gasteiger charge is 2.12. The van der Waals surface area contributed by atoms with Crippen molar-refractivity contribution >= 4 is 11.0 Å². The van der Waals surface area contributed by atoms with Crippen LogP contribution in [0.25, 0.3) is 11.0 Å². The first-order valence-electron chi connectivity index (χ1n) is 4.92. The van der Waals surface area contributed by atoms with Gasteiger partial charge in [-0.05, 0) is 26.8 Å². The number of rotatable bonds is 1. The number of aryl methyl sites for hydroxylation is 1. The van der Waals surface area contributed by atoms with Gasteiger partial charge in [0.05, 0.1) is 12.4 Å². The molecule has 2 aromatic heterocycles. The lowest BCUT2D eigenvalue weighted by Gasteiger charge is -2.20. The van der Waals surface area contributed by atoms with Gasteiger partial charge in [0.25, 0.3) is 0 Å². The van der Waals surface area contributed by atoms with E-state index < -0.39 is 0 Å². The number of nitrogens with zero attached hydrogens (tertiary/aromatic N) is 3. The summed E-state index contributed by atoms with van der Waals surface area (Å²) in [5.41, 5.74) is 0.675. The SMILES string of the molecule is Cn1ncc2cc(OC(C)(C)C)cnc21. The number of ether oxygens (including phenoxy) is 1. The fourth-order valence-electron chi connectivity index (χ4n) is 1.43. The van der Waals surface area contributed by atoms with Crippen LogP contribution in [0.1, 0.15) is 20.8 Å². The van der Waals surface area contributed by atoms with Gasteiger partial charge in [0.15, 0.2) is 5.65 Å². The Kier molecular flexibility index (Phi) is 2.14. The topological polar surface area (TPSA) is 39.9 Å². The van der Waals surface area contributed by atoms with Gasteiger partial charge in [0, 0.05) is 12.4 Å². The molecule has 0 bridgehead atoms. The van der Waals surface area contributed by atoms with Crippen LogP contribution in [0.5, 0.6) is 5.75 Å². The van der Waals surface area contributed by atoms with Crippen LogP contribution in [-0.2, 0) is 7.05 Å². The molecule has 0 fully saturated rings. The van der Waals surface area contributed by atoms with E-state index in [0.717, 1.165) is 16.8 Å². The van der Waals surface area contributed by atoms with Crippen LogP contribution in [0.4, 0.5) is 0 Å². The molecule has 0 aliphatic rings. The molecule has 4 nitrogen and oxygen atoms in total. The molecule has 0 amide bonds. The van der Waals surface area contributed by atoms with Crippen molar-refractivity contribution in [2.75, 3.05) is 0 Å². The largest absolute Gasteiger partial charge is 0.487 e. The van der Waals surface area contributed by atoms with Crippen LogP contribution in [0, 0.1) is 0 Å². The van der Waals surface area contributed by atoms with E-state index in [1.165, 1.54) is 0 Å². The highest BCUT2D eigenvalue weighted by atomic mass is 16.5. The molecule has 0 N–H and O–H groups in total. The third-order valence-corrected chi connectivity index (χ3v) is 1.97. The number of pyridine rings is 1. The standard InChI is InChI=1S/C11H15N3O/c1-11(2,3)15-9-5-8-6-13-14(4)10(8)12-7-9/h5-7H,1-4H3. The molecular formula is C11H15N3O. The zero-order valence-corrected chi connectivity index (χ0v) is 9.48. The Balaban J connectivity index is 2.39. The molecule has 0 spiro atoms. The molecule has 0 aliphatic heterocycles. The van der Waals surface area contributed by atoms with Crippen LogP contribution in [0.15, 0.2) is 18.5 Å². The van der Waals surface area contributed by atoms with Crippen molar-refractivity contribution in [2.24, 2.45) is 7.05 Å². The van der Waals surface area contributed by atoms with Crippen LogP contribution < -0.4 is 4.74 Å². The second kappa shape index (κ2) is 3.22. The van der Waals surface area contributed by atoms with E-state index in [4.69, 9.17) is 4.74 Å². The Labute approximate surface area is 88.9 Å². The molecular weight excluding hydrogens is 190 g/mol. The molecule has 0 aromatic carbocycles. The second-order valence-electron chi connectivity index (χ2n) is 4.57. The lowest BCUT2D eigenvalue weighted by Crippen LogP contribution is -2.22. The molecule has 0 aliphatic carbocycles. The number of fused-ring (bicyclic) bond motifs is 1. The maximum absolute atomic E-state index is 5.72. The predicted octanol–water partition coefficient (Wildman–Crippen LogP) is 2.15. The first kappa shape index (κ1) is 9.96. The minimum absolute atomic E-state index is 0.197. The smallest absolute Gasteiger partial charge is 0.157 e. The van der Waals surface area contributed by atoms with Crippen molar-refractivity contribution in [3.05, 3.63) is 18.5 Å². The monoisotopic (exact) mass is 205 g/mol. The van der Waals surface area contributed by atoms with E-state index in [-0.39, 0.29) is 5.60 Å². The minimum Gasteiger partial charge on any atom is -0.487 e. The fraction of sp³-hybridized carbons (Fsp3) is 0.455. The Hall–Kier alpha value is -1.58. The van der Waals surface area contributed by atoms with Gasteiger partial charge in [-0.1, -0.05) is 0 Å². The Morgan fingerprint density at radius 3 is 2.67 bits per heavy atom. The van der Waals surface area contributed by atoms with Crippen molar-refractivity contribution in [2.45, 2.75) is 26.4 Å². The number of aromatic nitrogens is 3. The zero-order valence-electron chi connectivity index (χ0n) is 9.48. The Morgan fingerprint density at radius 1 is 1.27 bits per heavy atom. The zero-order chi connectivity index (χ0) is 11.1. The molecule has 0 radical (unpaired) electrons. The molecule has 80 valence electrons. The van der Waals surface area contributed by atoms with Gasteiger partial charge >= 0.3 is 0 Å². The molecule has 0 saturated heterocycles. The highest BCUT2D eigenvalue weighted by Crippen LogP contribution is 2.21. The van der Waals surface area contributed by atoms with Crippen molar-refractivity contribution < 1.29 is 4.74 Å². The summed E-state index contributed by atoms with van der Waals surface area (Å²) in [6, 6.07) is 1.96. The van der Waals surface area contributed by atoms with Crippen molar-refractivity contribution in [1.82, 2.24) is 14.8 Å². The van der Waals surface area contributed by atoms with Gasteiger partial charge in [-0.2, -0.15) is 5.10 Å². The highest BCUT2D eigenvalue weighted by molar-refractivity contribution is 5.75. The molecule has 4 heteroatoms. The summed E-state index contributed by atoms with van der Waals surface area (Å²) in [7, 11) is 1.87. The van der Waals surface area contributed by atoms with E-state index in [0.29, 0.717) is 0 Å². The maximum atomic E-state index is 5.72. The lowest BCUT2D eigenvalue weighted by molar-refractivity contribution is 0.130. The summed E-state index contributed by atoms with van der Waals surface area (Å²) in [6.45, 7) is 6.04. The van der Waals surface area contributed by atoms with Gasteiger partial charge in [-0.15, -0.1) is 0 Å². The van der Waals surface area contributed by atoms with Gasteiger partial charge in [0.2, 0.25) is 0 Å². The summed E-state index contributed by atoms with van der Waals surface area (Å²) >= 11 is 0. The summed E-state index contributed by atoms with van der Waals surface area (Å²) in [4.78, 5) is 4.30. The molecule has 15 heavy (non-hydrogen) atoms. The van der Waals surface area contributed by atoms with Crippen molar-refractivity contribution in [1.29, 1.82) is 0 Å². The van der Waals surface area contributed by atoms with Crippen molar-refractivity contribution in [3.8, 4) is 5.75 Å². The number of hydrogen-bond acceptors (Lipinski definition) is 3. The van der Waals surface area contributed by atoms with Crippen LogP contribution in [-0.4, -0.2) is 20.4 Å². The third-order valence-electron chi connectivity index (χ3n) is 1.97. The first-order valence-corrected chi connectivity index (χ1v) is 4.92. The normalized spacial score (nSPS) is 12.0. The molecule has 2 heterocycles. The van der Waals surface area contributed by atoms with E-state index >= 15 is 0 Å². The lowest BCUT2D eigenvalue weighted by atomic mass is 10.2. The van der Waals surface area contributed by atoms with Crippen molar-refractivity contribution in [3.63, 3.8) is 0 Å². The summed E-state index contributed by atoms with van der Waals surface area (Å²) < 4.78 is 7.47. The molecule has 2 rings (SSSR count).